The number of thiazole rings is 1. The summed E-state index contributed by atoms with van der Waals surface area (Å²) < 4.78 is 9.80. The summed E-state index contributed by atoms with van der Waals surface area (Å²) >= 11 is 1.35. The lowest BCUT2D eigenvalue weighted by Gasteiger charge is -1.98. The molecule has 2 heterocycles. The molecule has 2 rings (SSSR count). The van der Waals surface area contributed by atoms with E-state index in [9.17, 15) is 4.79 Å². The maximum atomic E-state index is 11.4. The quantitative estimate of drug-likeness (QED) is 0.837. The van der Waals surface area contributed by atoms with Crippen molar-refractivity contribution in [3.63, 3.8) is 0 Å². The molecule has 0 aromatic carbocycles. The smallest absolute Gasteiger partial charge is 0.357 e. The molecule has 2 aromatic heterocycles. The van der Waals surface area contributed by atoms with E-state index in [4.69, 9.17) is 9.26 Å². The Morgan fingerprint density at radius 2 is 2.44 bits per heavy atom. The molecule has 1 N–H and O–H groups in total. The Balaban J connectivity index is 1.92. The molecule has 0 amide bonds. The van der Waals surface area contributed by atoms with Gasteiger partial charge in [0.1, 0.15) is 11.5 Å². The number of nitrogens with one attached hydrogen (secondary N) is 1. The number of rotatable bonds is 5. The number of anilines is 1. The van der Waals surface area contributed by atoms with Crippen LogP contribution in [0.5, 0.6) is 0 Å². The fourth-order valence-corrected chi connectivity index (χ4v) is 2.00. The van der Waals surface area contributed by atoms with Crippen LogP contribution in [0, 0.1) is 6.92 Å². The Hall–Kier alpha value is -1.89. The van der Waals surface area contributed by atoms with E-state index >= 15 is 0 Å². The van der Waals surface area contributed by atoms with E-state index in [1.807, 2.05) is 13.0 Å². The Bertz CT molecular complexity index is 535. The fraction of sp³-hybridized carbons (Fsp3) is 0.364. The first-order valence-corrected chi connectivity index (χ1v) is 6.35. The highest BCUT2D eigenvalue weighted by molar-refractivity contribution is 7.13. The van der Waals surface area contributed by atoms with Crippen LogP contribution in [-0.2, 0) is 11.3 Å². The molecule has 0 saturated heterocycles. The summed E-state index contributed by atoms with van der Waals surface area (Å²) in [4.78, 5) is 15.5. The molecule has 0 unspecified atom stereocenters. The number of aromatic nitrogens is 2. The van der Waals surface area contributed by atoms with E-state index in [2.05, 4.69) is 15.5 Å². The Labute approximate surface area is 108 Å². The van der Waals surface area contributed by atoms with Crippen molar-refractivity contribution < 1.29 is 14.1 Å². The lowest BCUT2D eigenvalue weighted by molar-refractivity contribution is 0.0520. The number of aryl methyl sites for hydroxylation is 1. The summed E-state index contributed by atoms with van der Waals surface area (Å²) in [5, 5.41) is 9.23. The molecule has 18 heavy (non-hydrogen) atoms. The molecule has 6 nitrogen and oxygen atoms in total. The molecule has 7 heteroatoms. The lowest BCUT2D eigenvalue weighted by Crippen LogP contribution is -2.05. The van der Waals surface area contributed by atoms with E-state index in [-0.39, 0.29) is 0 Å². The predicted octanol–water partition coefficient (Wildman–Crippen LogP) is 2.23. The van der Waals surface area contributed by atoms with Crippen molar-refractivity contribution >= 4 is 22.4 Å². The van der Waals surface area contributed by atoms with E-state index in [1.54, 1.807) is 12.3 Å². The number of esters is 1. The summed E-state index contributed by atoms with van der Waals surface area (Å²) in [5.41, 5.74) is 1.11. The SMILES string of the molecule is CCOC(=O)c1csc(NCc2cc(C)on2)n1. The van der Waals surface area contributed by atoms with Gasteiger partial charge in [0, 0.05) is 11.4 Å². The second-order valence-corrected chi connectivity index (χ2v) is 4.40. The van der Waals surface area contributed by atoms with Crippen molar-refractivity contribution in [3.05, 3.63) is 28.6 Å². The monoisotopic (exact) mass is 267 g/mol. The zero-order valence-electron chi connectivity index (χ0n) is 10.1. The van der Waals surface area contributed by atoms with E-state index in [0.29, 0.717) is 24.0 Å². The van der Waals surface area contributed by atoms with Gasteiger partial charge in [0.25, 0.3) is 0 Å². The van der Waals surface area contributed by atoms with Gasteiger partial charge in [-0.15, -0.1) is 11.3 Å². The third kappa shape index (κ3) is 3.07. The van der Waals surface area contributed by atoms with Gasteiger partial charge in [0.2, 0.25) is 0 Å². The molecule has 0 aliphatic rings. The molecule has 96 valence electrons. The third-order valence-corrected chi connectivity index (χ3v) is 2.89. The average molecular weight is 267 g/mol. The third-order valence-electron chi connectivity index (χ3n) is 2.09. The summed E-state index contributed by atoms with van der Waals surface area (Å²) in [7, 11) is 0. The summed E-state index contributed by atoms with van der Waals surface area (Å²) in [5.74, 6) is 0.359. The minimum atomic E-state index is -0.404. The van der Waals surface area contributed by atoms with Crippen molar-refractivity contribution in [1.82, 2.24) is 10.1 Å². The molecule has 0 saturated carbocycles. The zero-order chi connectivity index (χ0) is 13.0. The highest BCUT2D eigenvalue weighted by atomic mass is 32.1. The highest BCUT2D eigenvalue weighted by Crippen LogP contribution is 2.17. The first-order valence-electron chi connectivity index (χ1n) is 5.47. The summed E-state index contributed by atoms with van der Waals surface area (Å²) in [6.45, 7) is 4.44. The van der Waals surface area contributed by atoms with Crippen LogP contribution in [0.25, 0.3) is 0 Å². The topological polar surface area (TPSA) is 77.2 Å². The Morgan fingerprint density at radius 3 is 3.11 bits per heavy atom. The second kappa shape index (κ2) is 5.63. The van der Waals surface area contributed by atoms with Crippen LogP contribution >= 0.6 is 11.3 Å². The molecule has 0 aliphatic carbocycles. The van der Waals surface area contributed by atoms with Crippen LogP contribution in [-0.4, -0.2) is 22.7 Å². The van der Waals surface area contributed by atoms with Crippen molar-refractivity contribution in [2.45, 2.75) is 20.4 Å². The van der Waals surface area contributed by atoms with Crippen LogP contribution in [0.4, 0.5) is 5.13 Å². The number of hydrogen-bond acceptors (Lipinski definition) is 7. The molecule has 0 atom stereocenters. The lowest BCUT2D eigenvalue weighted by atomic mass is 10.4. The average Bonchev–Trinajstić information content (AvgIpc) is 2.95. The van der Waals surface area contributed by atoms with Crippen LogP contribution in [0.3, 0.4) is 0 Å². The van der Waals surface area contributed by atoms with Crippen molar-refractivity contribution in [1.29, 1.82) is 0 Å². The van der Waals surface area contributed by atoms with Crippen molar-refractivity contribution in [3.8, 4) is 0 Å². The zero-order valence-corrected chi connectivity index (χ0v) is 10.9. The van der Waals surface area contributed by atoms with Crippen LogP contribution in [0.15, 0.2) is 16.0 Å². The number of hydrogen-bond donors (Lipinski definition) is 1. The Kier molecular flexibility index (Phi) is 3.93. The molecule has 0 bridgehead atoms. The molecule has 0 radical (unpaired) electrons. The first-order chi connectivity index (χ1) is 8.69. The van der Waals surface area contributed by atoms with Gasteiger partial charge in [-0.25, -0.2) is 9.78 Å². The van der Waals surface area contributed by atoms with Crippen LogP contribution in [0.2, 0.25) is 0 Å². The number of ether oxygens (including phenoxy) is 1. The maximum absolute atomic E-state index is 11.4. The molecule has 0 aliphatic heterocycles. The van der Waals surface area contributed by atoms with Crippen LogP contribution in [0.1, 0.15) is 28.9 Å². The molecule has 0 spiro atoms. The van der Waals surface area contributed by atoms with Crippen molar-refractivity contribution in [2.75, 3.05) is 11.9 Å². The van der Waals surface area contributed by atoms with Gasteiger partial charge < -0.3 is 14.6 Å². The minimum Gasteiger partial charge on any atom is -0.461 e. The van der Waals surface area contributed by atoms with Crippen LogP contribution < -0.4 is 5.32 Å². The number of carbonyl (C=O) groups is 1. The number of nitrogens with zero attached hydrogens (tertiary/aromatic N) is 2. The molecule has 0 fully saturated rings. The van der Waals surface area contributed by atoms with Gasteiger partial charge in [-0.3, -0.25) is 0 Å². The number of carbonyl (C=O) groups excluding carboxylic acids is 1. The summed E-state index contributed by atoms with van der Waals surface area (Å²) in [6.07, 6.45) is 0. The highest BCUT2D eigenvalue weighted by Gasteiger charge is 2.11. The maximum Gasteiger partial charge on any atom is 0.357 e. The van der Waals surface area contributed by atoms with E-state index in [1.165, 1.54) is 11.3 Å². The van der Waals surface area contributed by atoms with Gasteiger partial charge in [-0.2, -0.15) is 0 Å². The standard InChI is InChI=1S/C11H13N3O3S/c1-3-16-10(15)9-6-18-11(13-9)12-5-8-4-7(2)17-14-8/h4,6H,3,5H2,1-2H3,(H,12,13). The van der Waals surface area contributed by atoms with Gasteiger partial charge >= 0.3 is 5.97 Å². The fourth-order valence-electron chi connectivity index (χ4n) is 1.32. The predicted molar refractivity (Wildman–Crippen MR) is 66.6 cm³/mol. The van der Waals surface area contributed by atoms with E-state index in [0.717, 1.165) is 11.5 Å². The van der Waals surface area contributed by atoms with Gasteiger partial charge in [-0.05, 0) is 13.8 Å². The minimum absolute atomic E-state index is 0.320. The summed E-state index contributed by atoms with van der Waals surface area (Å²) in [6, 6.07) is 1.84. The second-order valence-electron chi connectivity index (χ2n) is 3.54. The van der Waals surface area contributed by atoms with Gasteiger partial charge in [0.15, 0.2) is 10.8 Å². The Morgan fingerprint density at radius 1 is 1.61 bits per heavy atom. The van der Waals surface area contributed by atoms with Gasteiger partial charge in [-0.1, -0.05) is 5.16 Å². The molecular weight excluding hydrogens is 254 g/mol. The molecule has 2 aromatic rings. The van der Waals surface area contributed by atoms with Gasteiger partial charge in [0.05, 0.1) is 13.2 Å². The van der Waals surface area contributed by atoms with E-state index < -0.39 is 5.97 Å². The van der Waals surface area contributed by atoms with Crippen molar-refractivity contribution in [2.24, 2.45) is 0 Å². The molecular formula is C11H13N3O3S. The first kappa shape index (κ1) is 12.6. The normalized spacial score (nSPS) is 10.3. The largest absolute Gasteiger partial charge is 0.461 e.